The Hall–Kier alpha value is -1.60. The molecule has 0 radical (unpaired) electrons. The molecule has 1 unspecified atom stereocenters. The lowest BCUT2D eigenvalue weighted by Gasteiger charge is -2.32. The van der Waals surface area contributed by atoms with Crippen LogP contribution in [-0.2, 0) is 9.53 Å². The fraction of sp³-hybridized carbons (Fsp3) is 0.571. The first-order valence-corrected chi connectivity index (χ1v) is 7.86. The number of carbonyl (C=O) groups excluding carboxylic acids is 1. The summed E-state index contributed by atoms with van der Waals surface area (Å²) < 4.78 is 5.26. The molecule has 2 heterocycles. The quantitative estimate of drug-likeness (QED) is 0.872. The molecule has 0 bridgehead atoms. The number of rotatable bonds is 5. The zero-order chi connectivity index (χ0) is 15.2. The molecule has 1 aliphatic heterocycles. The minimum absolute atomic E-state index is 0.00140. The fourth-order valence-electron chi connectivity index (χ4n) is 2.30. The van der Waals surface area contributed by atoms with E-state index < -0.39 is 5.97 Å². The summed E-state index contributed by atoms with van der Waals surface area (Å²) in [5.74, 6) is -0.958. The van der Waals surface area contributed by atoms with Crippen LogP contribution in [0, 0.1) is 0 Å². The Morgan fingerprint density at radius 3 is 2.81 bits per heavy atom. The lowest BCUT2D eigenvalue weighted by molar-refractivity contribution is -0.145. The van der Waals surface area contributed by atoms with Gasteiger partial charge in [0.15, 0.2) is 0 Å². The van der Waals surface area contributed by atoms with Crippen molar-refractivity contribution in [2.75, 3.05) is 19.7 Å². The van der Waals surface area contributed by atoms with E-state index in [0.29, 0.717) is 25.9 Å². The number of nitrogens with one attached hydrogen (secondary N) is 1. The summed E-state index contributed by atoms with van der Waals surface area (Å²) in [7, 11) is 0. The Morgan fingerprint density at radius 1 is 1.52 bits per heavy atom. The average molecular weight is 312 g/mol. The van der Waals surface area contributed by atoms with E-state index in [4.69, 9.17) is 9.84 Å². The fourth-order valence-corrected chi connectivity index (χ4v) is 3.03. The predicted molar refractivity (Wildman–Crippen MR) is 79.4 cm³/mol. The Balaban J connectivity index is 1.74. The van der Waals surface area contributed by atoms with E-state index in [0.717, 1.165) is 4.88 Å². The monoisotopic (exact) mass is 312 g/mol. The number of carboxylic acid groups (broad SMARTS) is 1. The molecular formula is C14H20N2O4S. The van der Waals surface area contributed by atoms with Crippen LogP contribution >= 0.6 is 11.3 Å². The molecule has 0 aliphatic carbocycles. The molecule has 2 N–H and O–H groups in total. The van der Waals surface area contributed by atoms with Gasteiger partial charge >= 0.3 is 12.0 Å². The van der Waals surface area contributed by atoms with Crippen LogP contribution in [0.25, 0.3) is 0 Å². The first kappa shape index (κ1) is 15.8. The zero-order valence-corrected chi connectivity index (χ0v) is 12.8. The van der Waals surface area contributed by atoms with Crippen molar-refractivity contribution >= 4 is 23.3 Å². The zero-order valence-electron chi connectivity index (χ0n) is 11.9. The second-order valence-corrected chi connectivity index (χ2v) is 6.06. The van der Waals surface area contributed by atoms with Crippen molar-refractivity contribution in [3.05, 3.63) is 22.4 Å². The molecule has 1 aromatic rings. The third kappa shape index (κ3) is 4.71. The topological polar surface area (TPSA) is 78.9 Å². The van der Waals surface area contributed by atoms with Crippen molar-refractivity contribution in [2.24, 2.45) is 0 Å². The van der Waals surface area contributed by atoms with Gasteiger partial charge in [0.25, 0.3) is 0 Å². The van der Waals surface area contributed by atoms with Gasteiger partial charge in [-0.25, -0.2) is 9.59 Å². The molecule has 21 heavy (non-hydrogen) atoms. The van der Waals surface area contributed by atoms with Gasteiger partial charge in [0.2, 0.25) is 0 Å². The lowest BCUT2D eigenvalue weighted by Crippen LogP contribution is -2.46. The highest BCUT2D eigenvalue weighted by molar-refractivity contribution is 7.10. The number of hydrogen-bond donors (Lipinski definition) is 2. The van der Waals surface area contributed by atoms with Crippen molar-refractivity contribution in [1.82, 2.24) is 10.2 Å². The summed E-state index contributed by atoms with van der Waals surface area (Å²) >= 11 is 1.62. The summed E-state index contributed by atoms with van der Waals surface area (Å²) in [6, 6.07) is 3.89. The second-order valence-electron chi connectivity index (χ2n) is 5.08. The van der Waals surface area contributed by atoms with Gasteiger partial charge in [-0.15, -0.1) is 11.3 Å². The molecular weight excluding hydrogens is 292 g/mol. The van der Waals surface area contributed by atoms with Gasteiger partial charge in [-0.2, -0.15) is 0 Å². The van der Waals surface area contributed by atoms with Crippen LogP contribution in [0.3, 0.4) is 0 Å². The first-order chi connectivity index (χ1) is 10.1. The van der Waals surface area contributed by atoms with E-state index in [2.05, 4.69) is 5.32 Å². The van der Waals surface area contributed by atoms with Crippen molar-refractivity contribution in [3.63, 3.8) is 0 Å². The standard InChI is InChI=1S/C14H20N2O4S/c1-10(12-3-2-8-21-12)15-14(19)16-6-4-11(5-7-16)20-9-13(17)18/h2-3,8,10-11H,4-7,9H2,1H3,(H,15,19)(H,17,18). The highest BCUT2D eigenvalue weighted by atomic mass is 32.1. The molecule has 116 valence electrons. The number of aliphatic carboxylic acids is 1. The molecule has 1 fully saturated rings. The van der Waals surface area contributed by atoms with Crippen LogP contribution in [-0.4, -0.2) is 47.8 Å². The number of nitrogens with zero attached hydrogens (tertiary/aromatic N) is 1. The van der Waals surface area contributed by atoms with Crippen molar-refractivity contribution in [3.8, 4) is 0 Å². The molecule has 1 saturated heterocycles. The third-order valence-corrected chi connectivity index (χ3v) is 4.54. The van der Waals surface area contributed by atoms with Crippen LogP contribution in [0.15, 0.2) is 17.5 Å². The molecule has 2 rings (SSSR count). The predicted octanol–water partition coefficient (Wildman–Crippen LogP) is 2.08. The number of carbonyl (C=O) groups is 2. The summed E-state index contributed by atoms with van der Waals surface area (Å²) in [5, 5.41) is 13.5. The number of urea groups is 1. The van der Waals surface area contributed by atoms with E-state index in [-0.39, 0.29) is 24.8 Å². The molecule has 6 nitrogen and oxygen atoms in total. The Labute approximate surface area is 127 Å². The molecule has 0 spiro atoms. The highest BCUT2D eigenvalue weighted by Crippen LogP contribution is 2.19. The maximum Gasteiger partial charge on any atom is 0.329 e. The van der Waals surface area contributed by atoms with E-state index in [1.54, 1.807) is 16.2 Å². The van der Waals surface area contributed by atoms with Gasteiger partial charge in [0.1, 0.15) is 6.61 Å². The summed E-state index contributed by atoms with van der Waals surface area (Å²) in [6.45, 7) is 2.87. The van der Waals surface area contributed by atoms with E-state index in [1.807, 2.05) is 24.4 Å². The van der Waals surface area contributed by atoms with Crippen LogP contribution in [0.2, 0.25) is 0 Å². The number of likely N-dealkylation sites (tertiary alicyclic amines) is 1. The average Bonchev–Trinajstić information content (AvgIpc) is 3.00. The Morgan fingerprint density at radius 2 is 2.24 bits per heavy atom. The smallest absolute Gasteiger partial charge is 0.329 e. The maximum absolute atomic E-state index is 12.2. The van der Waals surface area contributed by atoms with Gasteiger partial charge in [-0.05, 0) is 31.2 Å². The molecule has 1 atom stereocenters. The van der Waals surface area contributed by atoms with Crippen LogP contribution in [0.1, 0.15) is 30.7 Å². The number of thiophene rings is 1. The van der Waals surface area contributed by atoms with Gasteiger partial charge in [-0.1, -0.05) is 6.07 Å². The Kier molecular flexibility index (Phi) is 5.58. The number of piperidine rings is 1. The SMILES string of the molecule is CC(NC(=O)N1CCC(OCC(=O)O)CC1)c1cccs1. The van der Waals surface area contributed by atoms with Gasteiger partial charge in [-0.3, -0.25) is 0 Å². The minimum atomic E-state index is -0.958. The summed E-state index contributed by atoms with van der Waals surface area (Å²) in [4.78, 5) is 25.5. The first-order valence-electron chi connectivity index (χ1n) is 6.98. The number of carboxylic acids is 1. The largest absolute Gasteiger partial charge is 0.480 e. The molecule has 0 saturated carbocycles. The Bertz CT molecular complexity index is 469. The maximum atomic E-state index is 12.2. The molecule has 2 amide bonds. The molecule has 1 aliphatic rings. The number of hydrogen-bond acceptors (Lipinski definition) is 4. The second kappa shape index (κ2) is 7.42. The molecule has 0 aromatic carbocycles. The van der Waals surface area contributed by atoms with Crippen molar-refractivity contribution < 1.29 is 19.4 Å². The lowest BCUT2D eigenvalue weighted by atomic mass is 10.1. The van der Waals surface area contributed by atoms with Crippen LogP contribution in [0.4, 0.5) is 4.79 Å². The van der Waals surface area contributed by atoms with Gasteiger partial charge < -0.3 is 20.1 Å². The molecule has 1 aromatic heterocycles. The van der Waals surface area contributed by atoms with Crippen molar-refractivity contribution in [2.45, 2.75) is 31.9 Å². The molecule has 7 heteroatoms. The normalized spacial score (nSPS) is 17.5. The minimum Gasteiger partial charge on any atom is -0.480 e. The highest BCUT2D eigenvalue weighted by Gasteiger charge is 2.24. The van der Waals surface area contributed by atoms with Gasteiger partial charge in [0.05, 0.1) is 12.1 Å². The van der Waals surface area contributed by atoms with Crippen LogP contribution in [0.5, 0.6) is 0 Å². The summed E-state index contributed by atoms with van der Waals surface area (Å²) in [6.07, 6.45) is 1.28. The van der Waals surface area contributed by atoms with Crippen molar-refractivity contribution in [1.29, 1.82) is 0 Å². The number of amides is 2. The van der Waals surface area contributed by atoms with E-state index in [1.165, 1.54) is 0 Å². The van der Waals surface area contributed by atoms with E-state index in [9.17, 15) is 9.59 Å². The number of ether oxygens (including phenoxy) is 1. The van der Waals surface area contributed by atoms with Crippen LogP contribution < -0.4 is 5.32 Å². The van der Waals surface area contributed by atoms with E-state index >= 15 is 0 Å². The summed E-state index contributed by atoms with van der Waals surface area (Å²) in [5.41, 5.74) is 0. The van der Waals surface area contributed by atoms with Gasteiger partial charge in [0, 0.05) is 18.0 Å². The third-order valence-electron chi connectivity index (χ3n) is 3.48.